The van der Waals surface area contributed by atoms with E-state index < -0.39 is 0 Å². The lowest BCUT2D eigenvalue weighted by atomic mass is 10.2. The van der Waals surface area contributed by atoms with Gasteiger partial charge in [-0.15, -0.1) is 0 Å². The number of hydrogen-bond acceptors (Lipinski definition) is 3. The van der Waals surface area contributed by atoms with Crippen molar-refractivity contribution in [3.8, 4) is 5.75 Å². The number of nitrogens with zero attached hydrogens (tertiary/aromatic N) is 3. The number of benzene rings is 1. The Bertz CT molecular complexity index is 570. The number of carbonyl (C=O) groups excluding carboxylic acids is 2. The Balaban J connectivity index is 1.68. The van der Waals surface area contributed by atoms with Gasteiger partial charge in [-0.1, -0.05) is 12.1 Å². The van der Waals surface area contributed by atoms with Crippen molar-refractivity contribution in [1.82, 2.24) is 9.80 Å². The molecule has 0 radical (unpaired) electrons. The van der Waals surface area contributed by atoms with E-state index in [1.54, 1.807) is 16.9 Å². The van der Waals surface area contributed by atoms with Gasteiger partial charge in [-0.3, -0.25) is 9.69 Å². The van der Waals surface area contributed by atoms with Gasteiger partial charge in [0.1, 0.15) is 12.3 Å². The summed E-state index contributed by atoms with van der Waals surface area (Å²) in [7, 11) is 1.59. The van der Waals surface area contributed by atoms with Crippen LogP contribution in [-0.2, 0) is 4.79 Å². The third-order valence-corrected chi connectivity index (χ3v) is 4.26. The monoisotopic (exact) mass is 303 g/mol. The van der Waals surface area contributed by atoms with E-state index in [9.17, 15) is 9.59 Å². The molecule has 3 rings (SSSR count). The fraction of sp³-hybridized carbons (Fsp3) is 0.500. The molecule has 118 valence electrons. The molecule has 22 heavy (non-hydrogen) atoms. The minimum Gasteiger partial charge on any atom is -0.495 e. The van der Waals surface area contributed by atoms with Crippen LogP contribution in [0.15, 0.2) is 24.3 Å². The van der Waals surface area contributed by atoms with Gasteiger partial charge in [0.05, 0.1) is 12.8 Å². The molecule has 0 saturated carbocycles. The number of amides is 3. The van der Waals surface area contributed by atoms with Crippen LogP contribution in [0.1, 0.15) is 12.8 Å². The van der Waals surface area contributed by atoms with Crippen molar-refractivity contribution >= 4 is 17.6 Å². The second-order valence-electron chi connectivity index (χ2n) is 5.62. The first-order valence-corrected chi connectivity index (χ1v) is 7.68. The highest BCUT2D eigenvalue weighted by molar-refractivity contribution is 5.97. The summed E-state index contributed by atoms with van der Waals surface area (Å²) in [4.78, 5) is 29.9. The second kappa shape index (κ2) is 6.25. The summed E-state index contributed by atoms with van der Waals surface area (Å²) in [5.74, 6) is 0.719. The Morgan fingerprint density at radius 2 is 1.86 bits per heavy atom. The highest BCUT2D eigenvalue weighted by Gasteiger charge is 2.33. The summed E-state index contributed by atoms with van der Waals surface area (Å²) in [6, 6.07) is 7.32. The van der Waals surface area contributed by atoms with Crippen molar-refractivity contribution in [2.75, 3.05) is 44.7 Å². The average molecular weight is 303 g/mol. The summed E-state index contributed by atoms with van der Waals surface area (Å²) >= 11 is 0. The standard InChI is InChI=1S/C16H21N3O3/c1-22-14-7-3-2-6-13(14)19-11-10-18(16(19)21)12-15(20)17-8-4-5-9-17/h2-3,6-7H,4-5,8-12H2,1H3. The first-order valence-electron chi connectivity index (χ1n) is 7.68. The highest BCUT2D eigenvalue weighted by atomic mass is 16.5. The second-order valence-corrected chi connectivity index (χ2v) is 5.62. The minimum atomic E-state index is -0.128. The molecule has 2 saturated heterocycles. The van der Waals surface area contributed by atoms with E-state index in [2.05, 4.69) is 0 Å². The third-order valence-electron chi connectivity index (χ3n) is 4.26. The lowest BCUT2D eigenvalue weighted by Gasteiger charge is -2.22. The van der Waals surface area contributed by atoms with Gasteiger partial charge >= 0.3 is 6.03 Å². The molecule has 2 aliphatic rings. The number of rotatable bonds is 4. The molecule has 2 fully saturated rings. The summed E-state index contributed by atoms with van der Waals surface area (Å²) in [6.45, 7) is 2.95. The summed E-state index contributed by atoms with van der Waals surface area (Å²) in [5.41, 5.74) is 0.756. The molecule has 6 nitrogen and oxygen atoms in total. The molecular weight excluding hydrogens is 282 g/mol. The zero-order chi connectivity index (χ0) is 15.5. The van der Waals surface area contributed by atoms with E-state index in [1.165, 1.54) is 0 Å². The number of urea groups is 1. The number of anilines is 1. The van der Waals surface area contributed by atoms with E-state index in [4.69, 9.17) is 4.74 Å². The van der Waals surface area contributed by atoms with E-state index in [0.29, 0.717) is 18.8 Å². The zero-order valence-electron chi connectivity index (χ0n) is 12.8. The number of likely N-dealkylation sites (tertiary alicyclic amines) is 1. The van der Waals surface area contributed by atoms with Crippen LogP contribution < -0.4 is 9.64 Å². The molecule has 1 aromatic rings. The van der Waals surface area contributed by atoms with Gasteiger partial charge in [0.25, 0.3) is 0 Å². The van der Waals surface area contributed by atoms with Gasteiger partial charge in [-0.05, 0) is 25.0 Å². The number of para-hydroxylation sites is 2. The molecule has 0 atom stereocenters. The predicted molar refractivity (Wildman–Crippen MR) is 83.1 cm³/mol. The summed E-state index contributed by atoms with van der Waals surface area (Å²) in [6.07, 6.45) is 2.13. The number of carbonyl (C=O) groups is 2. The Kier molecular flexibility index (Phi) is 4.18. The molecular formula is C16H21N3O3. The lowest BCUT2D eigenvalue weighted by molar-refractivity contribution is -0.130. The van der Waals surface area contributed by atoms with Gasteiger partial charge in [-0.2, -0.15) is 0 Å². The molecule has 3 amide bonds. The predicted octanol–water partition coefficient (Wildman–Crippen LogP) is 1.56. The number of methoxy groups -OCH3 is 1. The van der Waals surface area contributed by atoms with Crippen LogP contribution in [0, 0.1) is 0 Å². The molecule has 1 aromatic carbocycles. The maximum absolute atomic E-state index is 12.6. The molecule has 2 heterocycles. The zero-order valence-corrected chi connectivity index (χ0v) is 12.8. The van der Waals surface area contributed by atoms with E-state index in [0.717, 1.165) is 31.6 Å². The minimum absolute atomic E-state index is 0.0488. The van der Waals surface area contributed by atoms with Crippen molar-refractivity contribution in [3.63, 3.8) is 0 Å². The van der Waals surface area contributed by atoms with Gasteiger partial charge < -0.3 is 14.5 Å². The van der Waals surface area contributed by atoms with Crippen LogP contribution in [0.3, 0.4) is 0 Å². The van der Waals surface area contributed by atoms with E-state index in [1.807, 2.05) is 29.2 Å². The van der Waals surface area contributed by atoms with Crippen LogP contribution in [0.25, 0.3) is 0 Å². The largest absolute Gasteiger partial charge is 0.495 e. The quantitative estimate of drug-likeness (QED) is 0.848. The Morgan fingerprint density at radius 3 is 2.59 bits per heavy atom. The van der Waals surface area contributed by atoms with Gasteiger partial charge in [0.2, 0.25) is 5.91 Å². The van der Waals surface area contributed by atoms with Crippen molar-refractivity contribution in [1.29, 1.82) is 0 Å². The topological polar surface area (TPSA) is 53.1 Å². The fourth-order valence-corrected chi connectivity index (χ4v) is 3.04. The van der Waals surface area contributed by atoms with Crippen LogP contribution in [0.4, 0.5) is 10.5 Å². The van der Waals surface area contributed by atoms with Crippen molar-refractivity contribution in [2.45, 2.75) is 12.8 Å². The average Bonchev–Trinajstić information content (AvgIpc) is 3.18. The normalized spacial score (nSPS) is 18.2. The van der Waals surface area contributed by atoms with E-state index >= 15 is 0 Å². The lowest BCUT2D eigenvalue weighted by Crippen LogP contribution is -2.41. The Morgan fingerprint density at radius 1 is 1.14 bits per heavy atom. The molecule has 0 spiro atoms. The van der Waals surface area contributed by atoms with E-state index in [-0.39, 0.29) is 18.5 Å². The molecule has 2 aliphatic heterocycles. The molecule has 0 aliphatic carbocycles. The molecule has 6 heteroatoms. The maximum atomic E-state index is 12.6. The first-order chi connectivity index (χ1) is 10.7. The Labute approximate surface area is 130 Å². The van der Waals surface area contributed by atoms with Gasteiger partial charge in [0, 0.05) is 26.2 Å². The molecule has 0 N–H and O–H groups in total. The summed E-state index contributed by atoms with van der Waals surface area (Å²) < 4.78 is 5.32. The van der Waals surface area contributed by atoms with Crippen LogP contribution in [-0.4, -0.2) is 61.6 Å². The third kappa shape index (κ3) is 2.73. The van der Waals surface area contributed by atoms with Gasteiger partial charge in [0.15, 0.2) is 0 Å². The van der Waals surface area contributed by atoms with Crippen molar-refractivity contribution in [3.05, 3.63) is 24.3 Å². The maximum Gasteiger partial charge on any atom is 0.325 e. The van der Waals surface area contributed by atoms with Crippen LogP contribution >= 0.6 is 0 Å². The molecule has 0 bridgehead atoms. The first kappa shape index (κ1) is 14.7. The van der Waals surface area contributed by atoms with Crippen LogP contribution in [0.2, 0.25) is 0 Å². The fourth-order valence-electron chi connectivity index (χ4n) is 3.04. The number of ether oxygens (including phenoxy) is 1. The van der Waals surface area contributed by atoms with Gasteiger partial charge in [-0.25, -0.2) is 4.79 Å². The Hall–Kier alpha value is -2.24. The molecule has 0 aromatic heterocycles. The van der Waals surface area contributed by atoms with Crippen LogP contribution in [0.5, 0.6) is 5.75 Å². The summed E-state index contributed by atoms with van der Waals surface area (Å²) in [5, 5.41) is 0. The highest BCUT2D eigenvalue weighted by Crippen LogP contribution is 2.30. The van der Waals surface area contributed by atoms with Crippen molar-refractivity contribution in [2.24, 2.45) is 0 Å². The number of hydrogen-bond donors (Lipinski definition) is 0. The SMILES string of the molecule is COc1ccccc1N1CCN(CC(=O)N2CCCC2)C1=O. The van der Waals surface area contributed by atoms with Crippen molar-refractivity contribution < 1.29 is 14.3 Å². The molecule has 0 unspecified atom stereocenters. The smallest absolute Gasteiger partial charge is 0.325 e.